The van der Waals surface area contributed by atoms with E-state index >= 15 is 0 Å². The zero-order chi connectivity index (χ0) is 23.4. The van der Waals surface area contributed by atoms with Crippen molar-refractivity contribution in [2.75, 3.05) is 16.9 Å². The van der Waals surface area contributed by atoms with Crippen molar-refractivity contribution >= 4 is 29.3 Å². The van der Waals surface area contributed by atoms with Crippen molar-refractivity contribution in [2.45, 2.75) is 32.4 Å². The lowest BCUT2D eigenvalue weighted by atomic mass is 9.89. The van der Waals surface area contributed by atoms with E-state index in [1.54, 1.807) is 20.1 Å². The highest BCUT2D eigenvalue weighted by Gasteiger charge is 2.37. The highest BCUT2D eigenvalue weighted by atomic mass is 16.5. The fourth-order valence-corrected chi connectivity index (χ4v) is 4.49. The average Bonchev–Trinajstić information content (AvgIpc) is 2.83. The number of nitrogens with zero attached hydrogens (tertiary/aromatic N) is 2. The maximum atomic E-state index is 13.3. The number of carbonyl (C=O) groups excluding carboxylic acids is 2. The van der Waals surface area contributed by atoms with Gasteiger partial charge in [0.15, 0.2) is 0 Å². The van der Waals surface area contributed by atoms with Crippen LogP contribution in [0.4, 0.5) is 11.4 Å². The Balaban J connectivity index is 1.66. The van der Waals surface area contributed by atoms with Gasteiger partial charge in [0, 0.05) is 30.4 Å². The van der Waals surface area contributed by atoms with Crippen LogP contribution in [0.1, 0.15) is 37.4 Å². The smallest absolute Gasteiger partial charge is 0.251 e. The molecule has 3 aromatic rings. The second kappa shape index (κ2) is 9.74. The van der Waals surface area contributed by atoms with E-state index in [1.165, 1.54) is 0 Å². The highest BCUT2D eigenvalue weighted by molar-refractivity contribution is 6.05. The van der Waals surface area contributed by atoms with E-state index in [9.17, 15) is 9.59 Å². The average molecular weight is 441 g/mol. The quantitative estimate of drug-likeness (QED) is 0.483. The lowest BCUT2D eigenvalue weighted by molar-refractivity contribution is -0.117. The van der Waals surface area contributed by atoms with Crippen molar-refractivity contribution in [3.63, 3.8) is 0 Å². The SMILES string of the molecule is COc1ccc(C=CC(=O)N2c3ccccc3C(N(C(C)=O)c3ccccc3)CC2C)cc1. The minimum atomic E-state index is -0.147. The Hall–Kier alpha value is -3.86. The summed E-state index contributed by atoms with van der Waals surface area (Å²) >= 11 is 0. The molecule has 2 atom stereocenters. The fourth-order valence-electron chi connectivity index (χ4n) is 4.49. The van der Waals surface area contributed by atoms with Crippen LogP contribution in [0.2, 0.25) is 0 Å². The van der Waals surface area contributed by atoms with Crippen molar-refractivity contribution in [3.05, 3.63) is 96.1 Å². The van der Waals surface area contributed by atoms with Crippen molar-refractivity contribution in [1.29, 1.82) is 0 Å². The molecule has 168 valence electrons. The van der Waals surface area contributed by atoms with Gasteiger partial charge in [-0.3, -0.25) is 9.59 Å². The number of anilines is 2. The van der Waals surface area contributed by atoms with Gasteiger partial charge in [-0.1, -0.05) is 48.5 Å². The van der Waals surface area contributed by atoms with Crippen LogP contribution in [0, 0.1) is 0 Å². The number of hydrogen-bond acceptors (Lipinski definition) is 3. The van der Waals surface area contributed by atoms with E-state index < -0.39 is 0 Å². The van der Waals surface area contributed by atoms with E-state index in [1.807, 2.05) is 102 Å². The van der Waals surface area contributed by atoms with Crippen molar-refractivity contribution in [3.8, 4) is 5.75 Å². The van der Waals surface area contributed by atoms with E-state index in [4.69, 9.17) is 4.74 Å². The molecule has 1 aliphatic heterocycles. The molecule has 0 saturated carbocycles. The Morgan fingerprint density at radius 1 is 0.970 bits per heavy atom. The molecule has 3 aromatic carbocycles. The number of fused-ring (bicyclic) bond motifs is 1. The van der Waals surface area contributed by atoms with Gasteiger partial charge in [0.1, 0.15) is 5.75 Å². The molecule has 0 fully saturated rings. The van der Waals surface area contributed by atoms with Gasteiger partial charge in [-0.15, -0.1) is 0 Å². The minimum absolute atomic E-state index is 0.0209. The molecule has 5 nitrogen and oxygen atoms in total. The molecule has 2 amide bonds. The van der Waals surface area contributed by atoms with Crippen LogP contribution < -0.4 is 14.5 Å². The summed E-state index contributed by atoms with van der Waals surface area (Å²) < 4.78 is 5.19. The monoisotopic (exact) mass is 440 g/mol. The number of methoxy groups -OCH3 is 1. The van der Waals surface area contributed by atoms with Gasteiger partial charge >= 0.3 is 0 Å². The Morgan fingerprint density at radius 2 is 1.64 bits per heavy atom. The first-order valence-electron chi connectivity index (χ1n) is 11.1. The van der Waals surface area contributed by atoms with Crippen LogP contribution in [0.5, 0.6) is 5.75 Å². The highest BCUT2D eigenvalue weighted by Crippen LogP contribution is 2.42. The molecule has 0 aliphatic carbocycles. The van der Waals surface area contributed by atoms with Gasteiger partial charge in [-0.05, 0) is 60.9 Å². The van der Waals surface area contributed by atoms with E-state index in [2.05, 4.69) is 0 Å². The van der Waals surface area contributed by atoms with Gasteiger partial charge in [0.05, 0.1) is 13.2 Å². The normalized spacial score (nSPS) is 17.5. The zero-order valence-electron chi connectivity index (χ0n) is 19.1. The van der Waals surface area contributed by atoms with Gasteiger partial charge in [0.25, 0.3) is 5.91 Å². The van der Waals surface area contributed by atoms with Crippen LogP contribution in [-0.4, -0.2) is 25.0 Å². The first-order chi connectivity index (χ1) is 16.0. The molecule has 4 rings (SSSR count). The van der Waals surface area contributed by atoms with Gasteiger partial charge in [-0.25, -0.2) is 0 Å². The maximum absolute atomic E-state index is 13.3. The third-order valence-electron chi connectivity index (χ3n) is 6.02. The van der Waals surface area contributed by atoms with Crippen LogP contribution >= 0.6 is 0 Å². The molecule has 2 unspecified atom stereocenters. The zero-order valence-corrected chi connectivity index (χ0v) is 19.1. The summed E-state index contributed by atoms with van der Waals surface area (Å²) in [6, 6.07) is 24.9. The Bertz CT molecular complexity index is 1160. The summed E-state index contributed by atoms with van der Waals surface area (Å²) in [7, 11) is 1.63. The summed E-state index contributed by atoms with van der Waals surface area (Å²) in [6.45, 7) is 3.63. The second-order valence-corrected chi connectivity index (χ2v) is 8.20. The molecule has 0 bridgehead atoms. The summed E-state index contributed by atoms with van der Waals surface area (Å²) in [6.07, 6.45) is 4.07. The number of ether oxygens (including phenoxy) is 1. The van der Waals surface area contributed by atoms with Crippen LogP contribution in [0.25, 0.3) is 6.08 Å². The van der Waals surface area contributed by atoms with Crippen molar-refractivity contribution < 1.29 is 14.3 Å². The lowest BCUT2D eigenvalue weighted by Crippen LogP contribution is -2.47. The molecular formula is C28H28N2O3. The number of rotatable bonds is 5. The second-order valence-electron chi connectivity index (χ2n) is 8.20. The first kappa shape index (κ1) is 22.3. The van der Waals surface area contributed by atoms with Crippen molar-refractivity contribution in [2.24, 2.45) is 0 Å². The number of benzene rings is 3. The molecule has 33 heavy (non-hydrogen) atoms. The predicted molar refractivity (Wildman–Crippen MR) is 132 cm³/mol. The Labute approximate surface area is 194 Å². The standard InChI is InChI=1S/C28H28N2O3/c1-20-19-27(30(21(2)31)23-9-5-4-6-10-23)25-11-7-8-12-26(25)29(20)28(32)18-15-22-13-16-24(33-3)17-14-22/h4-18,20,27H,19H2,1-3H3. The molecular weight excluding hydrogens is 412 g/mol. The molecule has 5 heteroatoms. The minimum Gasteiger partial charge on any atom is -0.497 e. The molecule has 0 spiro atoms. The van der Waals surface area contributed by atoms with Crippen LogP contribution in [-0.2, 0) is 9.59 Å². The Morgan fingerprint density at radius 3 is 2.30 bits per heavy atom. The van der Waals surface area contributed by atoms with Gasteiger partial charge in [-0.2, -0.15) is 0 Å². The largest absolute Gasteiger partial charge is 0.497 e. The maximum Gasteiger partial charge on any atom is 0.251 e. The summed E-state index contributed by atoms with van der Waals surface area (Å²) in [4.78, 5) is 29.7. The molecule has 1 heterocycles. The number of para-hydroxylation sites is 2. The fraction of sp³-hybridized carbons (Fsp3) is 0.214. The molecule has 0 aromatic heterocycles. The third-order valence-corrected chi connectivity index (χ3v) is 6.02. The predicted octanol–water partition coefficient (Wildman–Crippen LogP) is 5.63. The van der Waals surface area contributed by atoms with Gasteiger partial charge < -0.3 is 14.5 Å². The van der Waals surface area contributed by atoms with E-state index in [-0.39, 0.29) is 23.9 Å². The molecule has 0 N–H and O–H groups in total. The lowest BCUT2D eigenvalue weighted by Gasteiger charge is -2.43. The first-order valence-corrected chi connectivity index (χ1v) is 11.1. The van der Waals surface area contributed by atoms with E-state index in [0.717, 1.165) is 28.3 Å². The molecule has 1 aliphatic rings. The van der Waals surface area contributed by atoms with E-state index in [0.29, 0.717) is 6.42 Å². The summed E-state index contributed by atoms with van der Waals surface area (Å²) in [5, 5.41) is 0. The number of amides is 2. The summed E-state index contributed by atoms with van der Waals surface area (Å²) in [5.74, 6) is 0.669. The Kier molecular flexibility index (Phi) is 6.59. The van der Waals surface area contributed by atoms with Crippen molar-refractivity contribution in [1.82, 2.24) is 0 Å². The number of hydrogen-bond donors (Lipinski definition) is 0. The topological polar surface area (TPSA) is 49.9 Å². The molecule has 0 radical (unpaired) electrons. The molecule has 0 saturated heterocycles. The van der Waals surface area contributed by atoms with Crippen LogP contribution in [0.15, 0.2) is 84.9 Å². The third kappa shape index (κ3) is 4.67. The van der Waals surface area contributed by atoms with Gasteiger partial charge in [0.2, 0.25) is 5.91 Å². The number of carbonyl (C=O) groups is 2. The summed E-state index contributed by atoms with van der Waals surface area (Å²) in [5.41, 5.74) is 3.59. The van der Waals surface area contributed by atoms with Crippen LogP contribution in [0.3, 0.4) is 0 Å².